The average molecular weight is 710 g/mol. The van der Waals surface area contributed by atoms with E-state index in [1.807, 2.05) is 22.7 Å². The predicted octanol–water partition coefficient (Wildman–Crippen LogP) is 15.5. The minimum absolute atomic E-state index is 1.13. The van der Waals surface area contributed by atoms with Crippen molar-refractivity contribution in [3.63, 3.8) is 0 Å². The average Bonchev–Trinajstić information content (AvgIpc) is 3.81. The summed E-state index contributed by atoms with van der Waals surface area (Å²) in [6.07, 6.45) is 0. The number of fused-ring (bicyclic) bond motifs is 9. The standard InChI is InChI=1S/C50H31NS2/c1-2-12-33(13-3-1)38-27-28-44(50-49(38)42-19-9-11-21-47(42)53-50)51(45-31-35-14-4-5-15-37(35)39-16-6-7-17-40(39)45)36-25-22-32(23-26-36)34-24-29-48-43(30-34)41-18-8-10-20-46(41)52-48/h1-31H. The molecule has 1 nitrogen and oxygen atoms in total. The molecule has 2 heterocycles. The van der Waals surface area contributed by atoms with Crippen molar-refractivity contribution in [1.82, 2.24) is 0 Å². The molecule has 0 bridgehead atoms. The minimum atomic E-state index is 1.13. The van der Waals surface area contributed by atoms with Gasteiger partial charge in [0.1, 0.15) is 0 Å². The van der Waals surface area contributed by atoms with Gasteiger partial charge in [0.05, 0.1) is 16.1 Å². The third-order valence-electron chi connectivity index (χ3n) is 10.7. The maximum absolute atomic E-state index is 2.50. The second-order valence-electron chi connectivity index (χ2n) is 13.7. The lowest BCUT2D eigenvalue weighted by Crippen LogP contribution is -2.11. The van der Waals surface area contributed by atoms with E-state index in [0.29, 0.717) is 0 Å². The Morgan fingerprint density at radius 2 is 0.962 bits per heavy atom. The molecule has 53 heavy (non-hydrogen) atoms. The molecule has 0 fully saturated rings. The number of hydrogen-bond acceptors (Lipinski definition) is 3. The first-order valence-electron chi connectivity index (χ1n) is 18.0. The molecule has 0 saturated heterocycles. The molecule has 0 aliphatic heterocycles. The maximum Gasteiger partial charge on any atom is 0.0641 e. The molecule has 0 unspecified atom stereocenters. The number of nitrogens with zero attached hydrogens (tertiary/aromatic N) is 1. The number of benzene rings is 9. The van der Waals surface area contributed by atoms with E-state index in [4.69, 9.17) is 0 Å². The van der Waals surface area contributed by atoms with E-state index >= 15 is 0 Å². The Morgan fingerprint density at radius 3 is 1.77 bits per heavy atom. The Hall–Kier alpha value is -6.26. The largest absolute Gasteiger partial charge is 0.308 e. The van der Waals surface area contributed by atoms with Gasteiger partial charge in [0.15, 0.2) is 0 Å². The van der Waals surface area contributed by atoms with Crippen molar-refractivity contribution in [2.75, 3.05) is 4.90 Å². The number of hydrogen-bond donors (Lipinski definition) is 0. The summed E-state index contributed by atoms with van der Waals surface area (Å²) in [5.41, 5.74) is 8.41. The highest BCUT2D eigenvalue weighted by Gasteiger charge is 2.23. The molecule has 9 aromatic carbocycles. The summed E-state index contributed by atoms with van der Waals surface area (Å²) in [5.74, 6) is 0. The fourth-order valence-corrected chi connectivity index (χ4v) is 10.5. The Kier molecular flexibility index (Phi) is 6.97. The Morgan fingerprint density at radius 1 is 0.340 bits per heavy atom. The monoisotopic (exact) mass is 709 g/mol. The third-order valence-corrected chi connectivity index (χ3v) is 13.0. The van der Waals surface area contributed by atoms with E-state index in [2.05, 4.69) is 193 Å². The van der Waals surface area contributed by atoms with Crippen LogP contribution in [0.2, 0.25) is 0 Å². The van der Waals surface area contributed by atoms with Gasteiger partial charge in [-0.2, -0.15) is 0 Å². The van der Waals surface area contributed by atoms with Crippen LogP contribution in [-0.4, -0.2) is 0 Å². The number of thiophene rings is 2. The molecule has 0 aliphatic carbocycles. The van der Waals surface area contributed by atoms with Crippen LogP contribution in [0.4, 0.5) is 17.1 Å². The minimum Gasteiger partial charge on any atom is -0.308 e. The summed E-state index contributed by atoms with van der Waals surface area (Å²) in [7, 11) is 0. The molecule has 0 amide bonds. The van der Waals surface area contributed by atoms with Gasteiger partial charge in [0.25, 0.3) is 0 Å². The van der Waals surface area contributed by atoms with Crippen molar-refractivity contribution in [1.29, 1.82) is 0 Å². The first kappa shape index (κ1) is 30.4. The molecule has 3 heteroatoms. The molecule has 0 N–H and O–H groups in total. The second-order valence-corrected chi connectivity index (χ2v) is 15.8. The second kappa shape index (κ2) is 12.2. The van der Waals surface area contributed by atoms with Gasteiger partial charge in [0, 0.05) is 46.7 Å². The predicted molar refractivity (Wildman–Crippen MR) is 233 cm³/mol. The Balaban J connectivity index is 1.16. The highest BCUT2D eigenvalue weighted by Crippen LogP contribution is 2.50. The topological polar surface area (TPSA) is 3.24 Å². The molecule has 0 spiro atoms. The zero-order chi connectivity index (χ0) is 34.9. The molecule has 248 valence electrons. The third kappa shape index (κ3) is 4.89. The first-order valence-corrected chi connectivity index (χ1v) is 19.6. The van der Waals surface area contributed by atoms with E-state index < -0.39 is 0 Å². The lowest BCUT2D eigenvalue weighted by molar-refractivity contribution is 1.32. The van der Waals surface area contributed by atoms with Gasteiger partial charge in [0.2, 0.25) is 0 Å². The van der Waals surface area contributed by atoms with Gasteiger partial charge in [-0.1, -0.05) is 140 Å². The molecule has 2 aromatic heterocycles. The zero-order valence-corrected chi connectivity index (χ0v) is 30.3. The van der Waals surface area contributed by atoms with Gasteiger partial charge in [-0.25, -0.2) is 0 Å². The lowest BCUT2D eigenvalue weighted by atomic mass is 9.96. The van der Waals surface area contributed by atoms with E-state index in [1.54, 1.807) is 0 Å². The van der Waals surface area contributed by atoms with Crippen LogP contribution in [0.15, 0.2) is 188 Å². The Labute approximate surface area is 315 Å². The van der Waals surface area contributed by atoms with E-state index in [-0.39, 0.29) is 0 Å². The summed E-state index contributed by atoms with van der Waals surface area (Å²) in [4.78, 5) is 2.50. The smallest absolute Gasteiger partial charge is 0.0641 e. The molecule has 0 atom stereocenters. The normalized spacial score (nSPS) is 11.8. The summed E-state index contributed by atoms with van der Waals surface area (Å²) < 4.78 is 5.23. The van der Waals surface area contributed by atoms with Crippen LogP contribution in [0, 0.1) is 0 Å². The maximum atomic E-state index is 2.50. The molecule has 11 aromatic rings. The van der Waals surface area contributed by atoms with Crippen LogP contribution >= 0.6 is 22.7 Å². The van der Waals surface area contributed by atoms with Crippen LogP contribution in [0.25, 0.3) is 84.1 Å². The molecule has 0 radical (unpaired) electrons. The highest BCUT2D eigenvalue weighted by atomic mass is 32.1. The summed E-state index contributed by atoms with van der Waals surface area (Å²) in [6, 6.07) is 69.2. The molecule has 0 aliphatic rings. The van der Waals surface area contributed by atoms with Gasteiger partial charge >= 0.3 is 0 Å². The van der Waals surface area contributed by atoms with Crippen LogP contribution in [0.1, 0.15) is 0 Å². The Bertz CT molecular complexity index is 3170. The quantitative estimate of drug-likeness (QED) is 0.161. The van der Waals surface area contributed by atoms with E-state index in [1.165, 1.54) is 95.5 Å². The van der Waals surface area contributed by atoms with Gasteiger partial charge in [-0.05, 0) is 86.9 Å². The van der Waals surface area contributed by atoms with E-state index in [0.717, 1.165) is 5.69 Å². The van der Waals surface area contributed by atoms with Gasteiger partial charge in [-0.3, -0.25) is 0 Å². The van der Waals surface area contributed by atoms with Crippen molar-refractivity contribution in [3.8, 4) is 22.3 Å². The van der Waals surface area contributed by atoms with Crippen molar-refractivity contribution in [3.05, 3.63) is 188 Å². The van der Waals surface area contributed by atoms with Crippen LogP contribution < -0.4 is 4.90 Å². The lowest BCUT2D eigenvalue weighted by Gasteiger charge is -2.28. The summed E-state index contributed by atoms with van der Waals surface area (Å²) >= 11 is 3.75. The molecule has 0 saturated carbocycles. The number of rotatable bonds is 5. The van der Waals surface area contributed by atoms with Crippen molar-refractivity contribution < 1.29 is 0 Å². The van der Waals surface area contributed by atoms with Crippen LogP contribution in [0.5, 0.6) is 0 Å². The van der Waals surface area contributed by atoms with Crippen molar-refractivity contribution in [2.24, 2.45) is 0 Å². The SMILES string of the molecule is c1ccc(-c2ccc(N(c3ccc(-c4ccc5sc6ccccc6c5c4)cc3)c3cc4ccccc4c4ccccc34)c3sc4ccccc4c23)cc1. The molecular weight excluding hydrogens is 679 g/mol. The van der Waals surface area contributed by atoms with Crippen molar-refractivity contribution >= 4 is 102 Å². The highest BCUT2D eigenvalue weighted by molar-refractivity contribution is 7.26. The number of anilines is 3. The van der Waals surface area contributed by atoms with Crippen molar-refractivity contribution in [2.45, 2.75) is 0 Å². The fourth-order valence-electron chi connectivity index (χ4n) is 8.18. The first-order chi connectivity index (χ1) is 26.3. The molecule has 11 rings (SSSR count). The fraction of sp³-hybridized carbons (Fsp3) is 0. The van der Waals surface area contributed by atoms with Gasteiger partial charge < -0.3 is 4.90 Å². The summed E-state index contributed by atoms with van der Waals surface area (Å²) in [5, 5.41) is 10.2. The summed E-state index contributed by atoms with van der Waals surface area (Å²) in [6.45, 7) is 0. The molecular formula is C50H31NS2. The zero-order valence-electron chi connectivity index (χ0n) is 28.7. The van der Waals surface area contributed by atoms with Crippen LogP contribution in [0.3, 0.4) is 0 Å². The van der Waals surface area contributed by atoms with Gasteiger partial charge in [-0.15, -0.1) is 22.7 Å². The van der Waals surface area contributed by atoms with Crippen LogP contribution in [-0.2, 0) is 0 Å². The van der Waals surface area contributed by atoms with E-state index in [9.17, 15) is 0 Å².